The lowest BCUT2D eigenvalue weighted by molar-refractivity contribution is -0.386. The number of ether oxygens (including phenoxy) is 1. The molecule has 20 heavy (non-hydrogen) atoms. The molecule has 1 amide bonds. The SMILES string of the molecule is CNCc1ccc(OC2CCN(C)C2=O)c([N+](=O)[O-])c1. The minimum atomic E-state index is -0.631. The van der Waals surface area contributed by atoms with Crippen LogP contribution in [0.4, 0.5) is 5.69 Å². The Morgan fingerprint density at radius 2 is 2.30 bits per heavy atom. The largest absolute Gasteiger partial charge is 0.473 e. The van der Waals surface area contributed by atoms with Crippen LogP contribution in [0.3, 0.4) is 0 Å². The van der Waals surface area contributed by atoms with Gasteiger partial charge >= 0.3 is 5.69 Å². The molecule has 1 heterocycles. The van der Waals surface area contributed by atoms with Crippen LogP contribution in [-0.4, -0.2) is 42.5 Å². The number of nitrogens with one attached hydrogen (secondary N) is 1. The summed E-state index contributed by atoms with van der Waals surface area (Å²) in [5.74, 6) is 0.00195. The number of hydrogen-bond acceptors (Lipinski definition) is 5. The number of nitrogens with zero attached hydrogens (tertiary/aromatic N) is 2. The molecule has 1 saturated heterocycles. The smallest absolute Gasteiger partial charge is 0.311 e. The van der Waals surface area contributed by atoms with E-state index in [2.05, 4.69) is 5.32 Å². The van der Waals surface area contributed by atoms with Crippen molar-refractivity contribution in [1.82, 2.24) is 10.2 Å². The van der Waals surface area contributed by atoms with Gasteiger partial charge in [0, 0.05) is 32.6 Å². The molecule has 7 nitrogen and oxygen atoms in total. The van der Waals surface area contributed by atoms with Crippen LogP contribution >= 0.6 is 0 Å². The van der Waals surface area contributed by atoms with E-state index in [1.165, 1.54) is 6.07 Å². The minimum Gasteiger partial charge on any atom is -0.473 e. The number of amides is 1. The monoisotopic (exact) mass is 279 g/mol. The maximum Gasteiger partial charge on any atom is 0.311 e. The van der Waals surface area contributed by atoms with Crippen LogP contribution in [0.25, 0.3) is 0 Å². The lowest BCUT2D eigenvalue weighted by atomic mass is 10.2. The Kier molecular flexibility index (Phi) is 4.19. The van der Waals surface area contributed by atoms with Crippen LogP contribution in [0.1, 0.15) is 12.0 Å². The Bertz CT molecular complexity index is 532. The zero-order chi connectivity index (χ0) is 14.7. The molecule has 1 aromatic carbocycles. The molecule has 1 aliphatic heterocycles. The van der Waals surface area contributed by atoms with E-state index < -0.39 is 11.0 Å². The predicted octanol–water partition coefficient (Wildman–Crippen LogP) is 0.924. The number of benzene rings is 1. The van der Waals surface area contributed by atoms with E-state index >= 15 is 0 Å². The molecule has 1 aliphatic rings. The Balaban J connectivity index is 2.22. The Hall–Kier alpha value is -2.15. The van der Waals surface area contributed by atoms with Gasteiger partial charge in [-0.1, -0.05) is 6.07 Å². The normalized spacial score (nSPS) is 18.4. The molecule has 1 N–H and O–H groups in total. The van der Waals surface area contributed by atoms with Crippen molar-refractivity contribution in [1.29, 1.82) is 0 Å². The third kappa shape index (κ3) is 2.88. The molecule has 1 fully saturated rings. The zero-order valence-electron chi connectivity index (χ0n) is 11.5. The van der Waals surface area contributed by atoms with E-state index in [9.17, 15) is 14.9 Å². The van der Waals surface area contributed by atoms with Gasteiger partial charge < -0.3 is 15.0 Å². The van der Waals surface area contributed by atoms with Gasteiger partial charge in [-0.25, -0.2) is 0 Å². The van der Waals surface area contributed by atoms with E-state index in [1.54, 1.807) is 31.1 Å². The first kappa shape index (κ1) is 14.3. The number of rotatable bonds is 5. The summed E-state index contributed by atoms with van der Waals surface area (Å²) < 4.78 is 5.53. The average Bonchev–Trinajstić information content (AvgIpc) is 2.72. The van der Waals surface area contributed by atoms with Crippen molar-refractivity contribution in [3.05, 3.63) is 33.9 Å². The average molecular weight is 279 g/mol. The second-order valence-electron chi connectivity index (χ2n) is 4.74. The zero-order valence-corrected chi connectivity index (χ0v) is 11.5. The summed E-state index contributed by atoms with van der Waals surface area (Å²) in [6.07, 6.45) is -0.0843. The molecule has 2 rings (SSSR count). The molecule has 1 atom stereocenters. The number of nitro groups is 1. The van der Waals surface area contributed by atoms with Crippen LogP contribution < -0.4 is 10.1 Å². The molecule has 1 unspecified atom stereocenters. The van der Waals surface area contributed by atoms with Gasteiger partial charge in [0.15, 0.2) is 11.9 Å². The summed E-state index contributed by atoms with van der Waals surface area (Å²) >= 11 is 0. The van der Waals surface area contributed by atoms with Crippen molar-refractivity contribution in [3.63, 3.8) is 0 Å². The molecular weight excluding hydrogens is 262 g/mol. The third-order valence-corrected chi connectivity index (χ3v) is 3.25. The summed E-state index contributed by atoms with van der Waals surface area (Å²) in [4.78, 5) is 24.0. The van der Waals surface area contributed by atoms with E-state index in [4.69, 9.17) is 4.74 Å². The van der Waals surface area contributed by atoms with Gasteiger partial charge in [-0.2, -0.15) is 0 Å². The van der Waals surface area contributed by atoms with Crippen molar-refractivity contribution in [2.45, 2.75) is 19.1 Å². The fourth-order valence-corrected chi connectivity index (χ4v) is 2.17. The highest BCUT2D eigenvalue weighted by molar-refractivity contribution is 5.83. The quantitative estimate of drug-likeness (QED) is 0.640. The highest BCUT2D eigenvalue weighted by Gasteiger charge is 2.32. The molecule has 7 heteroatoms. The van der Waals surface area contributed by atoms with Crippen LogP contribution in [0.2, 0.25) is 0 Å². The second-order valence-corrected chi connectivity index (χ2v) is 4.74. The fraction of sp³-hybridized carbons (Fsp3) is 0.462. The number of likely N-dealkylation sites (tertiary alicyclic amines) is 1. The van der Waals surface area contributed by atoms with E-state index in [0.717, 1.165) is 5.56 Å². The molecule has 0 aromatic heterocycles. The first-order chi connectivity index (χ1) is 9.52. The maximum absolute atomic E-state index is 11.8. The molecule has 0 aliphatic carbocycles. The van der Waals surface area contributed by atoms with E-state index in [-0.39, 0.29) is 17.3 Å². The van der Waals surface area contributed by atoms with Crippen LogP contribution in [0.5, 0.6) is 5.75 Å². The van der Waals surface area contributed by atoms with Crippen molar-refractivity contribution in [2.75, 3.05) is 20.6 Å². The summed E-state index contributed by atoms with van der Waals surface area (Å²) in [5, 5.41) is 14.0. The number of carbonyl (C=O) groups is 1. The van der Waals surface area contributed by atoms with Crippen LogP contribution in [0, 0.1) is 10.1 Å². The minimum absolute atomic E-state index is 0.111. The van der Waals surface area contributed by atoms with Crippen molar-refractivity contribution in [2.24, 2.45) is 0 Å². The van der Waals surface area contributed by atoms with Crippen molar-refractivity contribution in [3.8, 4) is 5.75 Å². The third-order valence-electron chi connectivity index (χ3n) is 3.25. The van der Waals surface area contributed by atoms with Gasteiger partial charge in [0.25, 0.3) is 5.91 Å². The Morgan fingerprint density at radius 1 is 1.55 bits per heavy atom. The second kappa shape index (κ2) is 5.87. The number of carbonyl (C=O) groups excluding carboxylic acids is 1. The summed E-state index contributed by atoms with van der Waals surface area (Å²) in [6.45, 7) is 1.14. The van der Waals surface area contributed by atoms with E-state index in [1.807, 2.05) is 0 Å². The molecule has 0 saturated carbocycles. The van der Waals surface area contributed by atoms with Crippen molar-refractivity contribution < 1.29 is 14.5 Å². The molecular formula is C13H17N3O4. The van der Waals surface area contributed by atoms with E-state index in [0.29, 0.717) is 19.5 Å². The maximum atomic E-state index is 11.8. The summed E-state index contributed by atoms with van der Waals surface area (Å²) in [7, 11) is 3.46. The van der Waals surface area contributed by atoms with Gasteiger partial charge in [-0.15, -0.1) is 0 Å². The summed E-state index contributed by atoms with van der Waals surface area (Å²) in [6, 6.07) is 4.77. The van der Waals surface area contributed by atoms with Crippen LogP contribution in [0.15, 0.2) is 18.2 Å². The molecule has 0 bridgehead atoms. The number of hydrogen-bond donors (Lipinski definition) is 1. The highest BCUT2D eigenvalue weighted by Crippen LogP contribution is 2.30. The standard InChI is InChI=1S/C13H17N3O4/c1-14-8-9-3-4-11(10(7-9)16(18)19)20-12-5-6-15(2)13(12)17/h3-4,7,12,14H,5-6,8H2,1-2H3. The highest BCUT2D eigenvalue weighted by atomic mass is 16.6. The lowest BCUT2D eigenvalue weighted by Crippen LogP contribution is -2.29. The van der Waals surface area contributed by atoms with Crippen LogP contribution in [-0.2, 0) is 11.3 Å². The van der Waals surface area contributed by atoms with Crippen molar-refractivity contribution >= 4 is 11.6 Å². The van der Waals surface area contributed by atoms with Gasteiger partial charge in [0.2, 0.25) is 0 Å². The Labute approximate surface area is 116 Å². The molecule has 1 aromatic rings. The predicted molar refractivity (Wildman–Crippen MR) is 72.5 cm³/mol. The lowest BCUT2D eigenvalue weighted by Gasteiger charge is -2.13. The Morgan fingerprint density at radius 3 is 2.85 bits per heavy atom. The van der Waals surface area contributed by atoms with Gasteiger partial charge in [-0.3, -0.25) is 14.9 Å². The summed E-state index contributed by atoms with van der Waals surface area (Å²) in [5.41, 5.74) is 0.682. The molecule has 108 valence electrons. The fourth-order valence-electron chi connectivity index (χ4n) is 2.17. The molecule has 0 radical (unpaired) electrons. The first-order valence-electron chi connectivity index (χ1n) is 6.36. The van der Waals surface area contributed by atoms with Gasteiger partial charge in [0.1, 0.15) is 0 Å². The topological polar surface area (TPSA) is 84.7 Å². The number of likely N-dealkylation sites (N-methyl/N-ethyl adjacent to an activating group) is 1. The molecule has 0 spiro atoms. The number of nitro benzene ring substituents is 1. The first-order valence-corrected chi connectivity index (χ1v) is 6.36. The van der Waals surface area contributed by atoms with Gasteiger partial charge in [0.05, 0.1) is 4.92 Å². The van der Waals surface area contributed by atoms with Gasteiger partial charge in [-0.05, 0) is 18.7 Å².